The first-order valence-corrected chi connectivity index (χ1v) is 8.26. The number of aromatic nitrogens is 1. The molecule has 1 aromatic heterocycles. The number of nitrogens with zero attached hydrogens (tertiary/aromatic N) is 1. The third-order valence-corrected chi connectivity index (χ3v) is 4.92. The molecule has 1 aliphatic rings. The Labute approximate surface area is 143 Å². The second-order valence-corrected chi connectivity index (χ2v) is 6.34. The molecule has 1 N–H and O–H groups in total. The van der Waals surface area contributed by atoms with Crippen LogP contribution in [0.15, 0.2) is 53.5 Å². The van der Waals surface area contributed by atoms with Crippen LogP contribution < -0.4 is 5.43 Å². The summed E-state index contributed by atoms with van der Waals surface area (Å²) in [5.41, 5.74) is 2.42. The minimum Gasteiger partial charge on any atom is -0.360 e. The van der Waals surface area contributed by atoms with Gasteiger partial charge in [0.1, 0.15) is 11.4 Å². The van der Waals surface area contributed by atoms with Crippen molar-refractivity contribution in [2.24, 2.45) is 0 Å². The number of carbonyl (C=O) groups excluding carboxylic acids is 1. The molecule has 25 heavy (non-hydrogen) atoms. The quantitative estimate of drug-likeness (QED) is 0.740. The lowest BCUT2D eigenvalue weighted by atomic mass is 9.93. The first-order valence-electron chi connectivity index (χ1n) is 8.26. The molecule has 4 rings (SSSR count). The molecule has 126 valence electrons. The van der Waals surface area contributed by atoms with Gasteiger partial charge < -0.3 is 9.88 Å². The van der Waals surface area contributed by atoms with Crippen molar-refractivity contribution in [2.45, 2.75) is 19.4 Å². The van der Waals surface area contributed by atoms with Crippen molar-refractivity contribution in [2.75, 3.05) is 6.54 Å². The normalized spacial score (nSPS) is 16.7. The van der Waals surface area contributed by atoms with Gasteiger partial charge in [0.15, 0.2) is 0 Å². The highest BCUT2D eigenvalue weighted by molar-refractivity contribution is 5.97. The Balaban J connectivity index is 1.73. The van der Waals surface area contributed by atoms with Crippen molar-refractivity contribution >= 4 is 16.8 Å². The maximum absolute atomic E-state index is 13.4. The Morgan fingerprint density at radius 1 is 1.24 bits per heavy atom. The SMILES string of the molecule is C[C@@H]1c2ccc(F)cc2CCN1C(=O)c1c[nH]c2ccccc2c1=O. The molecule has 1 aliphatic heterocycles. The number of benzene rings is 2. The molecular formula is C20H17FN2O2. The molecule has 0 unspecified atom stereocenters. The van der Waals surface area contributed by atoms with E-state index < -0.39 is 0 Å². The predicted molar refractivity (Wildman–Crippen MR) is 94.1 cm³/mol. The molecule has 0 saturated carbocycles. The monoisotopic (exact) mass is 336 g/mol. The summed E-state index contributed by atoms with van der Waals surface area (Å²) in [5, 5.41) is 0.500. The number of hydrogen-bond acceptors (Lipinski definition) is 2. The zero-order valence-corrected chi connectivity index (χ0v) is 13.8. The lowest BCUT2D eigenvalue weighted by Gasteiger charge is -2.35. The van der Waals surface area contributed by atoms with Crippen LogP contribution in [0.4, 0.5) is 4.39 Å². The Bertz CT molecular complexity index is 1040. The standard InChI is InChI=1S/C20H17FN2O2/c1-12-15-7-6-14(21)10-13(15)8-9-23(12)20(25)17-11-22-18-5-3-2-4-16(18)19(17)24/h2-7,10-12H,8-9H2,1H3,(H,22,24)/t12-/m1/s1. The summed E-state index contributed by atoms with van der Waals surface area (Å²) in [6.07, 6.45) is 2.06. The van der Waals surface area contributed by atoms with Gasteiger partial charge in [0.05, 0.1) is 6.04 Å². The number of nitrogens with one attached hydrogen (secondary N) is 1. The average Bonchev–Trinajstić information content (AvgIpc) is 2.62. The maximum Gasteiger partial charge on any atom is 0.259 e. The number of aromatic amines is 1. The fourth-order valence-corrected chi connectivity index (χ4v) is 3.56. The van der Waals surface area contributed by atoms with Gasteiger partial charge >= 0.3 is 0 Å². The first-order chi connectivity index (χ1) is 12.1. The smallest absolute Gasteiger partial charge is 0.259 e. The van der Waals surface area contributed by atoms with Crippen molar-refractivity contribution in [3.63, 3.8) is 0 Å². The summed E-state index contributed by atoms with van der Waals surface area (Å²) in [4.78, 5) is 30.4. The Morgan fingerprint density at radius 3 is 2.88 bits per heavy atom. The topological polar surface area (TPSA) is 53.2 Å². The molecule has 2 heterocycles. The van der Waals surface area contributed by atoms with Crippen LogP contribution >= 0.6 is 0 Å². The van der Waals surface area contributed by atoms with Crippen molar-refractivity contribution in [3.8, 4) is 0 Å². The number of carbonyl (C=O) groups is 1. The van der Waals surface area contributed by atoms with Gasteiger partial charge in [0, 0.05) is 23.6 Å². The lowest BCUT2D eigenvalue weighted by molar-refractivity contribution is 0.0676. The van der Waals surface area contributed by atoms with Crippen molar-refractivity contribution in [3.05, 3.63) is 81.4 Å². The molecule has 5 heteroatoms. The summed E-state index contributed by atoms with van der Waals surface area (Å²) in [5.74, 6) is -0.564. The van der Waals surface area contributed by atoms with Crippen LogP contribution in [0.25, 0.3) is 10.9 Å². The number of fused-ring (bicyclic) bond motifs is 2. The van der Waals surface area contributed by atoms with Gasteiger partial charge in [-0.2, -0.15) is 0 Å². The van der Waals surface area contributed by atoms with Gasteiger partial charge in [0.25, 0.3) is 5.91 Å². The number of hydrogen-bond donors (Lipinski definition) is 1. The molecule has 1 amide bonds. The summed E-state index contributed by atoms with van der Waals surface area (Å²) in [7, 11) is 0. The summed E-state index contributed by atoms with van der Waals surface area (Å²) in [6.45, 7) is 2.37. The fourth-order valence-electron chi connectivity index (χ4n) is 3.56. The highest BCUT2D eigenvalue weighted by atomic mass is 19.1. The minimum atomic E-state index is -0.297. The number of amides is 1. The summed E-state index contributed by atoms with van der Waals surface area (Å²) in [6, 6.07) is 11.6. The van der Waals surface area contributed by atoms with Gasteiger partial charge in [-0.1, -0.05) is 18.2 Å². The molecule has 0 bridgehead atoms. The van der Waals surface area contributed by atoms with Crippen LogP contribution in [0.1, 0.15) is 34.5 Å². The molecule has 0 aliphatic carbocycles. The van der Waals surface area contributed by atoms with E-state index in [1.54, 1.807) is 29.2 Å². The van der Waals surface area contributed by atoms with E-state index in [1.807, 2.05) is 13.0 Å². The fraction of sp³-hybridized carbons (Fsp3) is 0.200. The molecule has 0 saturated heterocycles. The van der Waals surface area contributed by atoms with Crippen LogP contribution in [-0.2, 0) is 6.42 Å². The van der Waals surface area contributed by atoms with E-state index in [4.69, 9.17) is 0 Å². The zero-order valence-electron chi connectivity index (χ0n) is 13.8. The number of H-pyrrole nitrogens is 1. The molecule has 1 atom stereocenters. The minimum absolute atomic E-state index is 0.135. The Hall–Kier alpha value is -2.95. The molecule has 0 fully saturated rings. The summed E-state index contributed by atoms with van der Waals surface area (Å²) >= 11 is 0. The highest BCUT2D eigenvalue weighted by Crippen LogP contribution is 2.30. The van der Waals surface area contributed by atoms with E-state index in [9.17, 15) is 14.0 Å². The Kier molecular flexibility index (Phi) is 3.64. The highest BCUT2D eigenvalue weighted by Gasteiger charge is 2.29. The van der Waals surface area contributed by atoms with Gasteiger partial charge in [-0.05, 0) is 48.7 Å². The van der Waals surface area contributed by atoms with E-state index in [0.29, 0.717) is 23.9 Å². The molecule has 3 aromatic rings. The second-order valence-electron chi connectivity index (χ2n) is 6.34. The average molecular weight is 336 g/mol. The molecule has 0 radical (unpaired) electrons. The molecular weight excluding hydrogens is 319 g/mol. The van der Waals surface area contributed by atoms with Gasteiger partial charge in [-0.25, -0.2) is 4.39 Å². The van der Waals surface area contributed by atoms with E-state index in [-0.39, 0.29) is 28.8 Å². The number of halogens is 1. The largest absolute Gasteiger partial charge is 0.360 e. The van der Waals surface area contributed by atoms with E-state index in [1.165, 1.54) is 18.3 Å². The summed E-state index contributed by atoms with van der Waals surface area (Å²) < 4.78 is 13.4. The van der Waals surface area contributed by atoms with E-state index in [0.717, 1.165) is 11.1 Å². The van der Waals surface area contributed by atoms with Gasteiger partial charge in [-0.3, -0.25) is 9.59 Å². The predicted octanol–water partition coefficient (Wildman–Crippen LogP) is 3.43. The van der Waals surface area contributed by atoms with Crippen molar-refractivity contribution < 1.29 is 9.18 Å². The van der Waals surface area contributed by atoms with Gasteiger partial charge in [-0.15, -0.1) is 0 Å². The van der Waals surface area contributed by atoms with Crippen LogP contribution in [-0.4, -0.2) is 22.3 Å². The zero-order chi connectivity index (χ0) is 17.6. The molecule has 4 nitrogen and oxygen atoms in total. The second kappa shape index (κ2) is 5.84. The van der Waals surface area contributed by atoms with Crippen molar-refractivity contribution in [1.82, 2.24) is 9.88 Å². The number of para-hydroxylation sites is 1. The lowest BCUT2D eigenvalue weighted by Crippen LogP contribution is -2.40. The van der Waals surface area contributed by atoms with Crippen molar-refractivity contribution in [1.29, 1.82) is 0 Å². The van der Waals surface area contributed by atoms with Gasteiger partial charge in [0.2, 0.25) is 5.43 Å². The van der Waals surface area contributed by atoms with E-state index in [2.05, 4.69) is 4.98 Å². The molecule has 0 spiro atoms. The first kappa shape index (κ1) is 15.6. The van der Waals surface area contributed by atoms with Crippen LogP contribution in [0, 0.1) is 5.82 Å². The van der Waals surface area contributed by atoms with Crippen LogP contribution in [0.5, 0.6) is 0 Å². The number of rotatable bonds is 1. The van der Waals surface area contributed by atoms with E-state index >= 15 is 0 Å². The number of pyridine rings is 1. The van der Waals surface area contributed by atoms with Crippen LogP contribution in [0.3, 0.4) is 0 Å². The third kappa shape index (κ3) is 2.52. The molecule has 2 aromatic carbocycles. The third-order valence-electron chi connectivity index (χ3n) is 4.92. The Morgan fingerprint density at radius 2 is 2.04 bits per heavy atom. The maximum atomic E-state index is 13.4. The van der Waals surface area contributed by atoms with Crippen LogP contribution in [0.2, 0.25) is 0 Å².